The zero-order valence-electron chi connectivity index (χ0n) is 9.51. The zero-order chi connectivity index (χ0) is 11.6. The Kier molecular flexibility index (Phi) is 3.79. The Bertz CT molecular complexity index is 334. The monoisotopic (exact) mass is 217 g/mol. The molecule has 0 bridgehead atoms. The van der Waals surface area contributed by atoms with E-state index in [1.54, 1.807) is 18.7 Å². The molecule has 1 N–H and O–H groups in total. The van der Waals surface area contributed by atoms with Crippen LogP contribution in [-0.4, -0.2) is 22.8 Å². The lowest BCUT2D eigenvalue weighted by Crippen LogP contribution is -2.28. The second-order valence-electron chi connectivity index (χ2n) is 3.58. The fourth-order valence-electron chi connectivity index (χ4n) is 1.78. The number of hydrogen-bond donors (Lipinski definition) is 1. The van der Waals surface area contributed by atoms with E-state index in [1.807, 2.05) is 13.8 Å². The second kappa shape index (κ2) is 4.70. The molecule has 0 aliphatic heterocycles. The second-order valence-corrected chi connectivity index (χ2v) is 3.58. The Morgan fingerprint density at radius 3 is 2.33 bits per heavy atom. The summed E-state index contributed by atoms with van der Waals surface area (Å²) in [6.45, 7) is 5.90. The first-order valence-corrected chi connectivity index (χ1v) is 5.00. The summed E-state index contributed by atoms with van der Waals surface area (Å²) in [5, 5.41) is 6.93. The Morgan fingerprint density at radius 1 is 1.40 bits per heavy atom. The summed E-state index contributed by atoms with van der Waals surface area (Å²) in [5.41, 5.74) is 2.08. The van der Waals surface area contributed by atoms with Crippen LogP contribution in [0.3, 0.4) is 0 Å². The van der Waals surface area contributed by atoms with Gasteiger partial charge in [-0.15, -0.1) is 0 Å². The summed E-state index contributed by atoms with van der Waals surface area (Å²) in [6.07, 6.45) is -2.41. The molecular weight excluding hydrogens is 200 g/mol. The van der Waals surface area contributed by atoms with Gasteiger partial charge in [0.1, 0.15) is 0 Å². The van der Waals surface area contributed by atoms with Gasteiger partial charge >= 0.3 is 0 Å². The normalized spacial score (nSPS) is 13.5. The molecule has 0 aliphatic carbocycles. The van der Waals surface area contributed by atoms with Crippen molar-refractivity contribution in [1.29, 1.82) is 0 Å². The van der Waals surface area contributed by atoms with Gasteiger partial charge < -0.3 is 5.32 Å². The van der Waals surface area contributed by atoms with Gasteiger partial charge in [-0.1, -0.05) is 6.92 Å². The topological polar surface area (TPSA) is 29.9 Å². The van der Waals surface area contributed by atoms with Crippen LogP contribution >= 0.6 is 0 Å². The van der Waals surface area contributed by atoms with Crippen molar-refractivity contribution in [2.24, 2.45) is 7.05 Å². The lowest BCUT2D eigenvalue weighted by molar-refractivity contribution is 0.0986. The van der Waals surface area contributed by atoms with Crippen molar-refractivity contribution in [3.63, 3.8) is 0 Å². The highest BCUT2D eigenvalue weighted by atomic mass is 19.3. The quantitative estimate of drug-likeness (QED) is 0.835. The fourth-order valence-corrected chi connectivity index (χ4v) is 1.78. The highest BCUT2D eigenvalue weighted by molar-refractivity contribution is 5.28. The van der Waals surface area contributed by atoms with Crippen LogP contribution in [0.1, 0.15) is 29.9 Å². The first kappa shape index (κ1) is 12.1. The molecule has 0 radical (unpaired) electrons. The molecule has 0 saturated carbocycles. The van der Waals surface area contributed by atoms with E-state index in [1.165, 1.54) is 0 Å². The molecule has 5 heteroatoms. The van der Waals surface area contributed by atoms with Gasteiger partial charge in [-0.25, -0.2) is 8.78 Å². The van der Waals surface area contributed by atoms with Gasteiger partial charge in [0.15, 0.2) is 0 Å². The van der Waals surface area contributed by atoms with Crippen LogP contribution in [0.4, 0.5) is 8.78 Å². The summed E-state index contributed by atoms with van der Waals surface area (Å²) in [4.78, 5) is 0. The van der Waals surface area contributed by atoms with Crippen molar-refractivity contribution < 1.29 is 8.78 Å². The zero-order valence-corrected chi connectivity index (χ0v) is 9.51. The number of nitrogens with zero attached hydrogens (tertiary/aromatic N) is 2. The summed E-state index contributed by atoms with van der Waals surface area (Å²) < 4.78 is 27.3. The third-order valence-corrected chi connectivity index (χ3v) is 2.55. The molecule has 0 fully saturated rings. The summed E-state index contributed by atoms with van der Waals surface area (Å²) in [6, 6.07) is -0.913. The largest absolute Gasteiger partial charge is 0.305 e. The van der Waals surface area contributed by atoms with Crippen LogP contribution in [0.2, 0.25) is 0 Å². The highest BCUT2D eigenvalue weighted by Gasteiger charge is 2.27. The van der Waals surface area contributed by atoms with Gasteiger partial charge in [-0.3, -0.25) is 4.68 Å². The molecule has 0 aliphatic rings. The van der Waals surface area contributed by atoms with Crippen molar-refractivity contribution in [1.82, 2.24) is 15.1 Å². The molecule has 0 spiro atoms. The molecule has 15 heavy (non-hydrogen) atoms. The van der Waals surface area contributed by atoms with Crippen LogP contribution in [0, 0.1) is 13.8 Å². The number of alkyl halides is 2. The average molecular weight is 217 g/mol. The molecule has 0 saturated heterocycles. The standard InChI is InChI=1S/C10H17F2N3/c1-5-13-9(10(11)12)8-6(2)14-15(4)7(8)3/h9-10,13H,5H2,1-4H3. The maximum Gasteiger partial charge on any atom is 0.257 e. The van der Waals surface area contributed by atoms with Crippen LogP contribution in [-0.2, 0) is 7.05 Å². The number of hydrogen-bond acceptors (Lipinski definition) is 2. The lowest BCUT2D eigenvalue weighted by atomic mass is 10.1. The van der Waals surface area contributed by atoms with Crippen molar-refractivity contribution in [2.75, 3.05) is 6.54 Å². The van der Waals surface area contributed by atoms with Gasteiger partial charge in [0.05, 0.1) is 11.7 Å². The molecule has 1 rings (SSSR count). The van der Waals surface area contributed by atoms with E-state index in [0.29, 0.717) is 17.8 Å². The molecule has 0 aromatic carbocycles. The first-order chi connectivity index (χ1) is 6.99. The predicted octanol–water partition coefficient (Wildman–Crippen LogP) is 1.95. The van der Waals surface area contributed by atoms with Crippen molar-refractivity contribution in [3.8, 4) is 0 Å². The third kappa shape index (κ3) is 2.34. The Balaban J connectivity index is 3.10. The van der Waals surface area contributed by atoms with E-state index in [4.69, 9.17) is 0 Å². The van der Waals surface area contributed by atoms with E-state index >= 15 is 0 Å². The van der Waals surface area contributed by atoms with Gasteiger partial charge in [-0.05, 0) is 20.4 Å². The smallest absolute Gasteiger partial charge is 0.257 e. The molecule has 1 heterocycles. The van der Waals surface area contributed by atoms with Gasteiger partial charge in [0, 0.05) is 18.3 Å². The van der Waals surface area contributed by atoms with Crippen LogP contribution < -0.4 is 5.32 Å². The Morgan fingerprint density at radius 2 is 2.00 bits per heavy atom. The highest BCUT2D eigenvalue weighted by Crippen LogP contribution is 2.26. The maximum atomic E-state index is 12.8. The number of rotatable bonds is 4. The minimum atomic E-state index is -2.41. The van der Waals surface area contributed by atoms with Crippen molar-refractivity contribution in [3.05, 3.63) is 17.0 Å². The minimum absolute atomic E-state index is 0.517. The van der Waals surface area contributed by atoms with E-state index in [9.17, 15) is 8.78 Å². The molecule has 3 nitrogen and oxygen atoms in total. The SMILES string of the molecule is CCNC(c1c(C)nn(C)c1C)C(F)F. The molecule has 1 aromatic rings. The van der Waals surface area contributed by atoms with Gasteiger partial charge in [-0.2, -0.15) is 5.10 Å². The van der Waals surface area contributed by atoms with Gasteiger partial charge in [0.25, 0.3) is 6.43 Å². The first-order valence-electron chi connectivity index (χ1n) is 5.00. The minimum Gasteiger partial charge on any atom is -0.305 e. The summed E-state index contributed by atoms with van der Waals surface area (Å²) in [7, 11) is 1.76. The number of halogens is 2. The number of nitrogens with one attached hydrogen (secondary N) is 1. The number of aryl methyl sites for hydroxylation is 2. The van der Waals surface area contributed by atoms with Crippen molar-refractivity contribution >= 4 is 0 Å². The van der Waals surface area contributed by atoms with E-state index in [2.05, 4.69) is 10.4 Å². The lowest BCUT2D eigenvalue weighted by Gasteiger charge is -2.17. The molecule has 1 aromatic heterocycles. The molecule has 1 unspecified atom stereocenters. The fraction of sp³-hybridized carbons (Fsp3) is 0.700. The molecule has 1 atom stereocenters. The van der Waals surface area contributed by atoms with E-state index in [0.717, 1.165) is 5.69 Å². The molecular formula is C10H17F2N3. The van der Waals surface area contributed by atoms with Crippen LogP contribution in [0.5, 0.6) is 0 Å². The van der Waals surface area contributed by atoms with Crippen LogP contribution in [0.15, 0.2) is 0 Å². The average Bonchev–Trinajstić information content (AvgIpc) is 2.38. The van der Waals surface area contributed by atoms with E-state index in [-0.39, 0.29) is 0 Å². The Hall–Kier alpha value is -0.970. The van der Waals surface area contributed by atoms with E-state index < -0.39 is 12.5 Å². The molecule has 0 amide bonds. The van der Waals surface area contributed by atoms with Crippen molar-refractivity contribution in [2.45, 2.75) is 33.2 Å². The third-order valence-electron chi connectivity index (χ3n) is 2.55. The summed E-state index contributed by atoms with van der Waals surface area (Å²) >= 11 is 0. The summed E-state index contributed by atoms with van der Waals surface area (Å²) in [5.74, 6) is 0. The predicted molar refractivity (Wildman–Crippen MR) is 55.1 cm³/mol. The van der Waals surface area contributed by atoms with Gasteiger partial charge in [0.2, 0.25) is 0 Å². The Labute approximate surface area is 88.5 Å². The number of aromatic nitrogens is 2. The van der Waals surface area contributed by atoms with Crippen LogP contribution in [0.25, 0.3) is 0 Å². The molecule has 86 valence electrons. The maximum absolute atomic E-state index is 12.8.